The SMILES string of the molecule is Cc1c(Cl)cccc1C(=O)c1cc2ccccc2o1. The zero-order valence-corrected chi connectivity index (χ0v) is 11.1. The molecule has 0 bridgehead atoms. The van der Waals surface area contributed by atoms with Crippen LogP contribution >= 0.6 is 11.6 Å². The summed E-state index contributed by atoms with van der Waals surface area (Å²) in [6.45, 7) is 1.83. The second-order valence-corrected chi connectivity index (χ2v) is 4.80. The highest BCUT2D eigenvalue weighted by Crippen LogP contribution is 2.25. The fraction of sp³-hybridized carbons (Fsp3) is 0.0625. The van der Waals surface area contributed by atoms with Crippen LogP contribution in [0.15, 0.2) is 52.9 Å². The number of para-hydroxylation sites is 1. The Balaban J connectivity index is 2.11. The molecular weight excluding hydrogens is 260 g/mol. The fourth-order valence-corrected chi connectivity index (χ4v) is 2.25. The quantitative estimate of drug-likeness (QED) is 0.636. The minimum absolute atomic E-state index is 0.142. The molecule has 0 radical (unpaired) electrons. The lowest BCUT2D eigenvalue weighted by Gasteiger charge is -2.04. The molecule has 0 aliphatic heterocycles. The van der Waals surface area contributed by atoms with Crippen LogP contribution in [0, 0.1) is 6.92 Å². The van der Waals surface area contributed by atoms with Crippen LogP contribution in [-0.2, 0) is 0 Å². The number of ketones is 1. The highest BCUT2D eigenvalue weighted by molar-refractivity contribution is 6.32. The van der Waals surface area contributed by atoms with E-state index in [1.54, 1.807) is 24.3 Å². The Morgan fingerprint density at radius 1 is 1.11 bits per heavy atom. The summed E-state index contributed by atoms with van der Waals surface area (Å²) >= 11 is 6.04. The van der Waals surface area contributed by atoms with E-state index in [9.17, 15) is 4.79 Å². The summed E-state index contributed by atoms with van der Waals surface area (Å²) in [5.41, 5.74) is 2.06. The zero-order valence-electron chi connectivity index (χ0n) is 10.3. The Morgan fingerprint density at radius 3 is 2.68 bits per heavy atom. The van der Waals surface area contributed by atoms with Crippen LogP contribution in [0.2, 0.25) is 5.02 Å². The van der Waals surface area contributed by atoms with Crippen molar-refractivity contribution in [3.63, 3.8) is 0 Å². The van der Waals surface area contributed by atoms with Gasteiger partial charge in [-0.05, 0) is 30.7 Å². The molecule has 0 fully saturated rings. The molecule has 2 nitrogen and oxygen atoms in total. The second kappa shape index (κ2) is 4.56. The van der Waals surface area contributed by atoms with Crippen molar-refractivity contribution >= 4 is 28.4 Å². The van der Waals surface area contributed by atoms with Gasteiger partial charge in [0.15, 0.2) is 5.76 Å². The van der Waals surface area contributed by atoms with Gasteiger partial charge in [0.1, 0.15) is 5.58 Å². The van der Waals surface area contributed by atoms with E-state index >= 15 is 0 Å². The van der Waals surface area contributed by atoms with Gasteiger partial charge in [0.2, 0.25) is 5.78 Å². The molecule has 0 spiro atoms. The van der Waals surface area contributed by atoms with Crippen LogP contribution in [0.3, 0.4) is 0 Å². The normalized spacial score (nSPS) is 10.8. The molecule has 0 aliphatic carbocycles. The van der Waals surface area contributed by atoms with Crippen molar-refractivity contribution in [2.75, 3.05) is 0 Å². The molecule has 94 valence electrons. The largest absolute Gasteiger partial charge is 0.453 e. The van der Waals surface area contributed by atoms with Gasteiger partial charge in [0.25, 0.3) is 0 Å². The number of hydrogen-bond acceptors (Lipinski definition) is 2. The molecule has 0 atom stereocenters. The number of rotatable bonds is 2. The molecule has 0 aliphatic rings. The second-order valence-electron chi connectivity index (χ2n) is 4.39. The summed E-state index contributed by atoms with van der Waals surface area (Å²) in [5, 5.41) is 1.51. The molecule has 19 heavy (non-hydrogen) atoms. The average molecular weight is 271 g/mol. The molecule has 3 rings (SSSR count). The summed E-state index contributed by atoms with van der Waals surface area (Å²) < 4.78 is 5.59. The maximum atomic E-state index is 12.4. The number of halogens is 1. The molecule has 0 N–H and O–H groups in total. The average Bonchev–Trinajstić information content (AvgIpc) is 2.85. The topological polar surface area (TPSA) is 30.2 Å². The summed E-state index contributed by atoms with van der Waals surface area (Å²) in [6, 6.07) is 14.6. The minimum atomic E-state index is -0.142. The Morgan fingerprint density at radius 2 is 1.89 bits per heavy atom. The number of benzene rings is 2. The van der Waals surface area contributed by atoms with Crippen LogP contribution in [0.4, 0.5) is 0 Å². The Hall–Kier alpha value is -2.06. The summed E-state index contributed by atoms with van der Waals surface area (Å²) in [6.07, 6.45) is 0. The van der Waals surface area contributed by atoms with Crippen molar-refractivity contribution in [3.05, 3.63) is 70.4 Å². The Bertz CT molecular complexity index is 738. The molecule has 1 heterocycles. The number of hydrogen-bond donors (Lipinski definition) is 0. The highest BCUT2D eigenvalue weighted by Gasteiger charge is 2.17. The van der Waals surface area contributed by atoms with Gasteiger partial charge in [-0.25, -0.2) is 0 Å². The predicted octanol–water partition coefficient (Wildman–Crippen LogP) is 4.63. The smallest absolute Gasteiger partial charge is 0.228 e. The van der Waals surface area contributed by atoms with E-state index in [4.69, 9.17) is 16.0 Å². The van der Waals surface area contributed by atoms with Crippen LogP contribution < -0.4 is 0 Å². The van der Waals surface area contributed by atoms with Crippen LogP contribution in [0.1, 0.15) is 21.7 Å². The lowest BCUT2D eigenvalue weighted by atomic mass is 10.0. The first-order valence-electron chi connectivity index (χ1n) is 5.95. The van der Waals surface area contributed by atoms with Crippen molar-refractivity contribution in [3.8, 4) is 0 Å². The summed E-state index contributed by atoms with van der Waals surface area (Å²) in [4.78, 5) is 12.4. The van der Waals surface area contributed by atoms with Crippen molar-refractivity contribution in [1.82, 2.24) is 0 Å². The van der Waals surface area contributed by atoms with E-state index < -0.39 is 0 Å². The van der Waals surface area contributed by atoms with Gasteiger partial charge in [-0.1, -0.05) is 41.9 Å². The standard InChI is InChI=1S/C16H11ClO2/c1-10-12(6-4-7-13(10)17)16(18)15-9-11-5-2-3-8-14(11)19-15/h2-9H,1H3. The summed E-state index contributed by atoms with van der Waals surface area (Å²) in [5.74, 6) is 0.197. The lowest BCUT2D eigenvalue weighted by Crippen LogP contribution is -2.02. The van der Waals surface area contributed by atoms with E-state index in [1.165, 1.54) is 0 Å². The first kappa shape index (κ1) is 12.0. The monoisotopic (exact) mass is 270 g/mol. The van der Waals surface area contributed by atoms with Gasteiger partial charge >= 0.3 is 0 Å². The Labute approximate surface area is 115 Å². The summed E-state index contributed by atoms with van der Waals surface area (Å²) in [7, 11) is 0. The van der Waals surface area contributed by atoms with Gasteiger partial charge in [-0.2, -0.15) is 0 Å². The van der Waals surface area contributed by atoms with Gasteiger partial charge in [-0.15, -0.1) is 0 Å². The molecule has 0 unspecified atom stereocenters. The molecular formula is C16H11ClO2. The molecule has 1 aromatic heterocycles. The maximum absolute atomic E-state index is 12.4. The first-order valence-corrected chi connectivity index (χ1v) is 6.33. The number of fused-ring (bicyclic) bond motifs is 1. The zero-order chi connectivity index (χ0) is 13.4. The third kappa shape index (κ3) is 2.04. The van der Waals surface area contributed by atoms with Crippen molar-refractivity contribution < 1.29 is 9.21 Å². The van der Waals surface area contributed by atoms with Gasteiger partial charge in [0.05, 0.1) is 0 Å². The highest BCUT2D eigenvalue weighted by atomic mass is 35.5. The van der Waals surface area contributed by atoms with Gasteiger partial charge < -0.3 is 4.42 Å². The molecule has 0 saturated carbocycles. The van der Waals surface area contributed by atoms with Crippen molar-refractivity contribution in [2.24, 2.45) is 0 Å². The van der Waals surface area contributed by atoms with Crippen LogP contribution in [-0.4, -0.2) is 5.78 Å². The maximum Gasteiger partial charge on any atom is 0.228 e. The van der Waals surface area contributed by atoms with Gasteiger partial charge in [0, 0.05) is 16.0 Å². The predicted molar refractivity (Wildman–Crippen MR) is 75.8 cm³/mol. The number of carbonyl (C=O) groups excluding carboxylic acids is 1. The van der Waals surface area contributed by atoms with E-state index in [0.29, 0.717) is 21.9 Å². The lowest BCUT2D eigenvalue weighted by molar-refractivity contribution is 0.101. The van der Waals surface area contributed by atoms with E-state index in [-0.39, 0.29) is 5.78 Å². The van der Waals surface area contributed by atoms with E-state index in [1.807, 2.05) is 31.2 Å². The minimum Gasteiger partial charge on any atom is -0.453 e. The third-order valence-electron chi connectivity index (χ3n) is 3.16. The van der Waals surface area contributed by atoms with Crippen LogP contribution in [0.25, 0.3) is 11.0 Å². The van der Waals surface area contributed by atoms with E-state index in [0.717, 1.165) is 10.9 Å². The first-order chi connectivity index (χ1) is 9.16. The molecule has 3 heteroatoms. The van der Waals surface area contributed by atoms with E-state index in [2.05, 4.69) is 0 Å². The molecule has 0 amide bonds. The van der Waals surface area contributed by atoms with Crippen molar-refractivity contribution in [1.29, 1.82) is 0 Å². The fourth-order valence-electron chi connectivity index (χ4n) is 2.08. The third-order valence-corrected chi connectivity index (χ3v) is 3.57. The molecule has 0 saturated heterocycles. The van der Waals surface area contributed by atoms with Crippen molar-refractivity contribution in [2.45, 2.75) is 6.92 Å². The van der Waals surface area contributed by atoms with Crippen LogP contribution in [0.5, 0.6) is 0 Å². The Kier molecular flexibility index (Phi) is 2.88. The number of carbonyl (C=O) groups is 1. The molecule has 3 aromatic rings. The number of furan rings is 1. The molecule has 2 aromatic carbocycles. The van der Waals surface area contributed by atoms with Gasteiger partial charge in [-0.3, -0.25) is 4.79 Å².